The van der Waals surface area contributed by atoms with Crippen LogP contribution in [-0.2, 0) is 0 Å². The number of hydrogen-bond donors (Lipinski definition) is 1. The number of hydrogen-bond acceptors (Lipinski definition) is 4. The van der Waals surface area contributed by atoms with Gasteiger partial charge in [-0.05, 0) is 38.1 Å². The van der Waals surface area contributed by atoms with Crippen LogP contribution in [0.15, 0.2) is 42.9 Å². The van der Waals surface area contributed by atoms with Crippen molar-refractivity contribution in [3.05, 3.63) is 42.9 Å². The van der Waals surface area contributed by atoms with E-state index in [0.717, 1.165) is 24.6 Å². The molecule has 1 fully saturated rings. The maximum absolute atomic E-state index is 12.4. The Labute approximate surface area is 136 Å². The molecular formula is C17H23N5O. The lowest BCUT2D eigenvalue weighted by Gasteiger charge is -2.36. The van der Waals surface area contributed by atoms with Gasteiger partial charge in [-0.1, -0.05) is 0 Å². The average Bonchev–Trinajstić information content (AvgIpc) is 3.09. The number of carbonyl (C=O) groups is 1. The molecule has 1 N–H and O–H groups in total. The van der Waals surface area contributed by atoms with Crippen molar-refractivity contribution in [3.8, 4) is 0 Å². The molecule has 0 unspecified atom stereocenters. The van der Waals surface area contributed by atoms with E-state index >= 15 is 0 Å². The van der Waals surface area contributed by atoms with E-state index in [0.29, 0.717) is 19.1 Å². The van der Waals surface area contributed by atoms with Gasteiger partial charge >= 0.3 is 6.03 Å². The molecule has 0 saturated carbocycles. The Kier molecular flexibility index (Phi) is 4.50. The Balaban J connectivity index is 1.66. The Morgan fingerprint density at radius 2 is 1.83 bits per heavy atom. The highest BCUT2D eigenvalue weighted by molar-refractivity contribution is 5.77. The maximum atomic E-state index is 12.4. The summed E-state index contributed by atoms with van der Waals surface area (Å²) in [6.45, 7) is 7.21. The lowest BCUT2D eigenvalue weighted by atomic mass is 10.2. The smallest absolute Gasteiger partial charge is 0.328 e. The summed E-state index contributed by atoms with van der Waals surface area (Å²) >= 11 is 0. The Bertz CT molecular complexity index is 645. The van der Waals surface area contributed by atoms with Gasteiger partial charge in [-0.15, -0.1) is 0 Å². The quantitative estimate of drug-likeness (QED) is 0.946. The standard InChI is InChI=1S/C17H23N5O/c1-14(2)19-15-6-5-7-18-16(15)20-10-12-22(13-11-20)17(23)21-8-3-4-9-21/h3-9,14,19H,10-13H2,1-2H3. The minimum absolute atomic E-state index is 0.0381. The lowest BCUT2D eigenvalue weighted by Crippen LogP contribution is -2.50. The van der Waals surface area contributed by atoms with Crippen molar-refractivity contribution in [1.29, 1.82) is 0 Å². The Morgan fingerprint density at radius 1 is 1.13 bits per heavy atom. The van der Waals surface area contributed by atoms with Crippen LogP contribution in [0.25, 0.3) is 0 Å². The SMILES string of the molecule is CC(C)Nc1cccnc1N1CCN(C(=O)n2cccc2)CC1. The molecule has 2 aromatic rings. The van der Waals surface area contributed by atoms with Gasteiger partial charge in [-0.3, -0.25) is 4.57 Å². The first-order chi connectivity index (χ1) is 11.1. The number of aromatic nitrogens is 2. The summed E-state index contributed by atoms with van der Waals surface area (Å²) in [7, 11) is 0. The normalized spacial score (nSPS) is 15.1. The predicted octanol–water partition coefficient (Wildman–Crippen LogP) is 2.49. The van der Waals surface area contributed by atoms with E-state index in [1.807, 2.05) is 29.3 Å². The largest absolute Gasteiger partial charge is 0.380 e. The van der Waals surface area contributed by atoms with E-state index < -0.39 is 0 Å². The van der Waals surface area contributed by atoms with Crippen LogP contribution in [0.1, 0.15) is 13.8 Å². The van der Waals surface area contributed by atoms with Crippen LogP contribution < -0.4 is 10.2 Å². The van der Waals surface area contributed by atoms with Gasteiger partial charge in [0.2, 0.25) is 0 Å². The molecule has 1 saturated heterocycles. The van der Waals surface area contributed by atoms with Crippen molar-refractivity contribution in [2.75, 3.05) is 36.4 Å². The molecule has 1 aliphatic rings. The summed E-state index contributed by atoms with van der Waals surface area (Å²) in [4.78, 5) is 21.0. The van der Waals surface area contributed by atoms with Crippen molar-refractivity contribution in [3.63, 3.8) is 0 Å². The second-order valence-corrected chi connectivity index (χ2v) is 6.02. The van der Waals surface area contributed by atoms with Crippen LogP contribution in [-0.4, -0.2) is 52.7 Å². The fourth-order valence-electron chi connectivity index (χ4n) is 2.81. The summed E-state index contributed by atoms with van der Waals surface area (Å²) in [5.41, 5.74) is 1.05. The van der Waals surface area contributed by atoms with Gasteiger partial charge < -0.3 is 15.1 Å². The van der Waals surface area contributed by atoms with Crippen LogP contribution in [0.2, 0.25) is 0 Å². The first-order valence-corrected chi connectivity index (χ1v) is 8.04. The highest BCUT2D eigenvalue weighted by Gasteiger charge is 2.23. The third-order valence-corrected chi connectivity index (χ3v) is 3.91. The molecule has 0 spiro atoms. The number of carbonyl (C=O) groups excluding carboxylic acids is 1. The zero-order valence-corrected chi connectivity index (χ0v) is 13.6. The van der Waals surface area contributed by atoms with Crippen molar-refractivity contribution in [2.45, 2.75) is 19.9 Å². The number of pyridine rings is 1. The van der Waals surface area contributed by atoms with Gasteiger partial charge in [0.05, 0.1) is 5.69 Å². The zero-order chi connectivity index (χ0) is 16.2. The number of anilines is 2. The van der Waals surface area contributed by atoms with Gasteiger partial charge in [0.25, 0.3) is 0 Å². The number of nitrogens with one attached hydrogen (secondary N) is 1. The lowest BCUT2D eigenvalue weighted by molar-refractivity contribution is 0.196. The van der Waals surface area contributed by atoms with Crippen LogP contribution in [0.5, 0.6) is 0 Å². The third-order valence-electron chi connectivity index (χ3n) is 3.91. The number of amides is 1. The minimum Gasteiger partial charge on any atom is -0.380 e. The highest BCUT2D eigenvalue weighted by Crippen LogP contribution is 2.24. The van der Waals surface area contributed by atoms with E-state index in [4.69, 9.17) is 0 Å². The summed E-state index contributed by atoms with van der Waals surface area (Å²) in [5, 5.41) is 3.44. The molecule has 0 atom stereocenters. The van der Waals surface area contributed by atoms with E-state index in [-0.39, 0.29) is 6.03 Å². The molecule has 0 aliphatic carbocycles. The van der Waals surface area contributed by atoms with Gasteiger partial charge in [-0.25, -0.2) is 9.78 Å². The molecule has 23 heavy (non-hydrogen) atoms. The maximum Gasteiger partial charge on any atom is 0.328 e. The highest BCUT2D eigenvalue weighted by atomic mass is 16.2. The van der Waals surface area contributed by atoms with Crippen LogP contribution in [0.4, 0.5) is 16.3 Å². The van der Waals surface area contributed by atoms with E-state index in [9.17, 15) is 4.79 Å². The number of nitrogens with zero attached hydrogens (tertiary/aromatic N) is 4. The van der Waals surface area contributed by atoms with Crippen LogP contribution in [0.3, 0.4) is 0 Å². The summed E-state index contributed by atoms with van der Waals surface area (Å²) < 4.78 is 1.63. The molecule has 3 heterocycles. The molecule has 0 bridgehead atoms. The molecule has 0 radical (unpaired) electrons. The molecule has 0 aromatic carbocycles. The molecule has 1 amide bonds. The second kappa shape index (κ2) is 6.73. The fraction of sp³-hybridized carbons (Fsp3) is 0.412. The van der Waals surface area contributed by atoms with Crippen molar-refractivity contribution in [1.82, 2.24) is 14.5 Å². The van der Waals surface area contributed by atoms with Gasteiger partial charge in [0.1, 0.15) is 0 Å². The zero-order valence-electron chi connectivity index (χ0n) is 13.6. The molecule has 1 aliphatic heterocycles. The number of rotatable bonds is 3. The summed E-state index contributed by atoms with van der Waals surface area (Å²) in [5.74, 6) is 0.967. The minimum atomic E-state index is 0.0381. The predicted molar refractivity (Wildman–Crippen MR) is 92.0 cm³/mol. The molecule has 6 nitrogen and oxygen atoms in total. The topological polar surface area (TPSA) is 53.4 Å². The molecule has 2 aromatic heterocycles. The van der Waals surface area contributed by atoms with Crippen molar-refractivity contribution in [2.24, 2.45) is 0 Å². The van der Waals surface area contributed by atoms with Gasteiger partial charge in [0, 0.05) is 50.8 Å². The third kappa shape index (κ3) is 3.47. The molecular weight excluding hydrogens is 290 g/mol. The molecule has 6 heteroatoms. The van der Waals surface area contributed by atoms with Crippen LogP contribution >= 0.6 is 0 Å². The number of piperazine rings is 1. The summed E-state index contributed by atoms with van der Waals surface area (Å²) in [6.07, 6.45) is 5.40. The van der Waals surface area contributed by atoms with Crippen LogP contribution in [0, 0.1) is 0 Å². The Morgan fingerprint density at radius 3 is 2.48 bits per heavy atom. The first kappa shape index (κ1) is 15.4. The molecule has 3 rings (SSSR count). The first-order valence-electron chi connectivity index (χ1n) is 8.04. The van der Waals surface area contributed by atoms with Crippen molar-refractivity contribution < 1.29 is 4.79 Å². The van der Waals surface area contributed by atoms with E-state index in [2.05, 4.69) is 35.1 Å². The van der Waals surface area contributed by atoms with Gasteiger partial charge in [0.15, 0.2) is 5.82 Å². The van der Waals surface area contributed by atoms with Crippen molar-refractivity contribution >= 4 is 17.5 Å². The van der Waals surface area contributed by atoms with E-state index in [1.54, 1.807) is 17.0 Å². The average molecular weight is 313 g/mol. The van der Waals surface area contributed by atoms with Gasteiger partial charge in [-0.2, -0.15) is 0 Å². The monoisotopic (exact) mass is 313 g/mol. The second-order valence-electron chi connectivity index (χ2n) is 6.02. The Hall–Kier alpha value is -2.50. The fourth-order valence-corrected chi connectivity index (χ4v) is 2.81. The molecule has 122 valence electrons. The summed E-state index contributed by atoms with van der Waals surface area (Å²) in [6, 6.07) is 8.13. The van der Waals surface area contributed by atoms with E-state index in [1.165, 1.54) is 0 Å².